The highest BCUT2D eigenvalue weighted by Crippen LogP contribution is 2.39. The SMILES string of the molecule is CN1C/C(=C\c2ccc(Cl)cc2)C2=NN(C)C(c3ccc(Cl)cc3)C2C1.Cl. The van der Waals surface area contributed by atoms with E-state index in [0.717, 1.165) is 28.7 Å². The Bertz CT molecular complexity index is 859. The molecule has 1 saturated heterocycles. The molecule has 2 aliphatic rings. The molecule has 0 aliphatic carbocycles. The lowest BCUT2D eigenvalue weighted by Crippen LogP contribution is -2.41. The van der Waals surface area contributed by atoms with E-state index in [1.54, 1.807) is 0 Å². The van der Waals surface area contributed by atoms with E-state index < -0.39 is 0 Å². The summed E-state index contributed by atoms with van der Waals surface area (Å²) in [7, 11) is 4.23. The van der Waals surface area contributed by atoms with E-state index in [1.807, 2.05) is 24.3 Å². The molecule has 142 valence electrons. The van der Waals surface area contributed by atoms with Gasteiger partial charge in [-0.2, -0.15) is 5.10 Å². The Hall–Kier alpha value is -1.52. The van der Waals surface area contributed by atoms with Crippen LogP contribution in [0.15, 0.2) is 59.2 Å². The number of piperidine rings is 1. The monoisotopic (exact) mass is 421 g/mol. The lowest BCUT2D eigenvalue weighted by Gasteiger charge is -2.34. The van der Waals surface area contributed by atoms with Crippen LogP contribution in [0, 0.1) is 5.92 Å². The molecule has 2 aromatic carbocycles. The summed E-state index contributed by atoms with van der Waals surface area (Å²) < 4.78 is 0. The van der Waals surface area contributed by atoms with E-state index in [9.17, 15) is 0 Å². The van der Waals surface area contributed by atoms with Crippen molar-refractivity contribution in [3.63, 3.8) is 0 Å². The highest BCUT2D eigenvalue weighted by molar-refractivity contribution is 6.30. The zero-order valence-corrected chi connectivity index (χ0v) is 17.6. The zero-order valence-electron chi connectivity index (χ0n) is 15.3. The summed E-state index contributed by atoms with van der Waals surface area (Å²) in [5, 5.41) is 8.53. The topological polar surface area (TPSA) is 18.8 Å². The van der Waals surface area contributed by atoms with Gasteiger partial charge in [-0.1, -0.05) is 47.5 Å². The predicted octanol–water partition coefficient (Wildman–Crippen LogP) is 5.40. The number of benzene rings is 2. The summed E-state index contributed by atoms with van der Waals surface area (Å²) >= 11 is 12.1. The van der Waals surface area contributed by atoms with E-state index in [-0.39, 0.29) is 18.4 Å². The first kappa shape index (κ1) is 20.2. The average molecular weight is 423 g/mol. The molecule has 0 N–H and O–H groups in total. The second-order valence-electron chi connectivity index (χ2n) is 7.08. The fraction of sp³-hybridized carbons (Fsp3) is 0.286. The third kappa shape index (κ3) is 4.17. The van der Waals surface area contributed by atoms with Crippen LogP contribution >= 0.6 is 35.6 Å². The van der Waals surface area contributed by atoms with Gasteiger partial charge in [0.25, 0.3) is 0 Å². The molecule has 2 unspecified atom stereocenters. The molecule has 3 nitrogen and oxygen atoms in total. The molecule has 27 heavy (non-hydrogen) atoms. The maximum absolute atomic E-state index is 6.07. The Morgan fingerprint density at radius 1 is 0.963 bits per heavy atom. The Kier molecular flexibility index (Phi) is 6.17. The average Bonchev–Trinajstić information content (AvgIpc) is 2.94. The van der Waals surface area contributed by atoms with Crippen LogP contribution in [0.2, 0.25) is 10.0 Å². The van der Waals surface area contributed by atoms with E-state index in [1.165, 1.54) is 16.8 Å². The lowest BCUT2D eigenvalue weighted by atomic mass is 9.83. The normalized spacial score (nSPS) is 23.8. The van der Waals surface area contributed by atoms with Crippen LogP contribution < -0.4 is 0 Å². The van der Waals surface area contributed by atoms with Crippen LogP contribution in [-0.4, -0.2) is 42.8 Å². The van der Waals surface area contributed by atoms with Crippen molar-refractivity contribution < 1.29 is 0 Å². The fourth-order valence-corrected chi connectivity index (χ4v) is 4.22. The second-order valence-corrected chi connectivity index (χ2v) is 7.95. The highest BCUT2D eigenvalue weighted by Gasteiger charge is 2.41. The van der Waals surface area contributed by atoms with Crippen LogP contribution in [0.25, 0.3) is 6.08 Å². The van der Waals surface area contributed by atoms with Crippen molar-refractivity contribution >= 4 is 47.4 Å². The van der Waals surface area contributed by atoms with Crippen LogP contribution in [0.1, 0.15) is 17.2 Å². The van der Waals surface area contributed by atoms with Crippen molar-refractivity contribution in [1.29, 1.82) is 0 Å². The van der Waals surface area contributed by atoms with Gasteiger partial charge in [0.15, 0.2) is 0 Å². The molecule has 0 aromatic heterocycles. The number of likely N-dealkylation sites (tertiary alicyclic amines) is 1. The number of nitrogens with zero attached hydrogens (tertiary/aromatic N) is 3. The number of halogens is 3. The summed E-state index contributed by atoms with van der Waals surface area (Å²) in [5.41, 5.74) is 4.87. The van der Waals surface area contributed by atoms with Gasteiger partial charge in [0.1, 0.15) is 0 Å². The van der Waals surface area contributed by atoms with Crippen LogP contribution in [0.3, 0.4) is 0 Å². The van der Waals surface area contributed by atoms with E-state index in [2.05, 4.69) is 54.3 Å². The summed E-state index contributed by atoms with van der Waals surface area (Å²) in [6.07, 6.45) is 2.23. The summed E-state index contributed by atoms with van der Waals surface area (Å²) in [4.78, 5) is 2.37. The van der Waals surface area contributed by atoms with Crippen molar-refractivity contribution in [1.82, 2.24) is 9.91 Å². The third-order valence-electron chi connectivity index (χ3n) is 5.10. The van der Waals surface area contributed by atoms with Crippen LogP contribution in [0.5, 0.6) is 0 Å². The summed E-state index contributed by atoms with van der Waals surface area (Å²) in [6.45, 7) is 1.90. The van der Waals surface area contributed by atoms with Crippen molar-refractivity contribution in [2.45, 2.75) is 6.04 Å². The van der Waals surface area contributed by atoms with Crippen molar-refractivity contribution in [2.24, 2.45) is 11.0 Å². The number of fused-ring (bicyclic) bond motifs is 1. The van der Waals surface area contributed by atoms with Gasteiger partial charge in [-0.15, -0.1) is 12.4 Å². The maximum atomic E-state index is 6.07. The third-order valence-corrected chi connectivity index (χ3v) is 5.60. The molecule has 0 bridgehead atoms. The Balaban J connectivity index is 0.00000210. The van der Waals surface area contributed by atoms with Gasteiger partial charge in [-0.3, -0.25) is 5.01 Å². The molecule has 2 aromatic rings. The zero-order chi connectivity index (χ0) is 18.3. The van der Waals surface area contributed by atoms with Gasteiger partial charge in [-0.05, 0) is 54.1 Å². The fourth-order valence-electron chi connectivity index (χ4n) is 3.96. The molecule has 2 heterocycles. The number of hydrogen-bond acceptors (Lipinski definition) is 3. The first-order valence-electron chi connectivity index (χ1n) is 8.73. The minimum Gasteiger partial charge on any atom is -0.301 e. The van der Waals surface area contributed by atoms with Gasteiger partial charge < -0.3 is 4.90 Å². The molecule has 6 heteroatoms. The van der Waals surface area contributed by atoms with Crippen molar-refractivity contribution in [2.75, 3.05) is 27.2 Å². The van der Waals surface area contributed by atoms with E-state index in [0.29, 0.717) is 5.92 Å². The molecule has 4 rings (SSSR count). The van der Waals surface area contributed by atoms with Crippen LogP contribution in [-0.2, 0) is 0 Å². The van der Waals surface area contributed by atoms with Gasteiger partial charge in [0.2, 0.25) is 0 Å². The number of hydrogen-bond donors (Lipinski definition) is 0. The lowest BCUT2D eigenvalue weighted by molar-refractivity contribution is 0.211. The largest absolute Gasteiger partial charge is 0.301 e. The molecule has 1 fully saturated rings. The van der Waals surface area contributed by atoms with Crippen molar-refractivity contribution in [3.05, 3.63) is 75.3 Å². The maximum Gasteiger partial charge on any atom is 0.0813 e. The molecule has 2 atom stereocenters. The Morgan fingerprint density at radius 3 is 2.19 bits per heavy atom. The molecular weight excluding hydrogens is 401 g/mol. The number of likely N-dealkylation sites (N-methyl/N-ethyl adjacent to an activating group) is 1. The minimum atomic E-state index is 0. The van der Waals surface area contributed by atoms with Gasteiger partial charge in [0.05, 0.1) is 11.8 Å². The molecule has 0 radical (unpaired) electrons. The molecule has 2 aliphatic heterocycles. The smallest absolute Gasteiger partial charge is 0.0813 e. The molecule has 0 saturated carbocycles. The first-order chi connectivity index (χ1) is 12.5. The Morgan fingerprint density at radius 2 is 1.56 bits per heavy atom. The summed E-state index contributed by atoms with van der Waals surface area (Å²) in [5.74, 6) is 0.346. The number of hydrazone groups is 1. The van der Waals surface area contributed by atoms with E-state index in [4.69, 9.17) is 28.3 Å². The Labute approximate surface area is 176 Å². The van der Waals surface area contributed by atoms with Gasteiger partial charge in [-0.25, -0.2) is 0 Å². The molecular formula is C21H22Cl3N3. The predicted molar refractivity (Wildman–Crippen MR) is 117 cm³/mol. The highest BCUT2D eigenvalue weighted by atomic mass is 35.5. The molecule has 0 spiro atoms. The standard InChI is InChI=1S/C21H21Cl2N3.ClH/c1-25-12-16(11-14-3-7-17(22)8-4-14)20-19(13-25)21(26(2)24-20)15-5-9-18(23)10-6-15;/h3-11,19,21H,12-13H2,1-2H3;1H/b16-11+;. The van der Waals surface area contributed by atoms with Gasteiger partial charge in [0, 0.05) is 36.1 Å². The van der Waals surface area contributed by atoms with Crippen molar-refractivity contribution in [3.8, 4) is 0 Å². The molecule has 0 amide bonds. The number of rotatable bonds is 2. The second kappa shape index (κ2) is 8.24. The summed E-state index contributed by atoms with van der Waals surface area (Å²) in [6, 6.07) is 16.3. The quantitative estimate of drug-likeness (QED) is 0.645. The first-order valence-corrected chi connectivity index (χ1v) is 9.49. The van der Waals surface area contributed by atoms with E-state index >= 15 is 0 Å². The van der Waals surface area contributed by atoms with Crippen LogP contribution in [0.4, 0.5) is 0 Å². The minimum absolute atomic E-state index is 0. The van der Waals surface area contributed by atoms with Gasteiger partial charge >= 0.3 is 0 Å².